The molecule has 4 aromatic rings. The molecule has 3 amide bonds. The molecule has 1 saturated heterocycles. The first kappa shape index (κ1) is 27.9. The maximum absolute atomic E-state index is 14.5. The van der Waals surface area contributed by atoms with Crippen LogP contribution in [-0.2, 0) is 21.0 Å². The van der Waals surface area contributed by atoms with Crippen molar-refractivity contribution >= 4 is 51.8 Å². The molecule has 9 nitrogen and oxygen atoms in total. The Kier molecular flexibility index (Phi) is 7.94. The van der Waals surface area contributed by atoms with Crippen LogP contribution in [0.4, 0.5) is 15.6 Å². The van der Waals surface area contributed by atoms with E-state index >= 15 is 0 Å². The average Bonchev–Trinajstić information content (AvgIpc) is 3.53. The van der Waals surface area contributed by atoms with Gasteiger partial charge >= 0.3 is 6.09 Å². The van der Waals surface area contributed by atoms with Gasteiger partial charge in [-0.3, -0.25) is 24.4 Å². The van der Waals surface area contributed by atoms with Crippen molar-refractivity contribution in [1.29, 1.82) is 0 Å². The van der Waals surface area contributed by atoms with Crippen LogP contribution in [0.3, 0.4) is 0 Å². The molecule has 1 aliphatic carbocycles. The molecule has 42 heavy (non-hydrogen) atoms. The molecule has 214 valence electrons. The van der Waals surface area contributed by atoms with Gasteiger partial charge in [0.2, 0.25) is 0 Å². The van der Waals surface area contributed by atoms with Gasteiger partial charge in [-0.25, -0.2) is 9.78 Å². The van der Waals surface area contributed by atoms with Crippen molar-refractivity contribution in [3.8, 4) is 0 Å². The van der Waals surface area contributed by atoms with Crippen LogP contribution in [0.5, 0.6) is 0 Å². The summed E-state index contributed by atoms with van der Waals surface area (Å²) in [7, 11) is 0. The second kappa shape index (κ2) is 11.9. The summed E-state index contributed by atoms with van der Waals surface area (Å²) in [6, 6.07) is 19.4. The van der Waals surface area contributed by atoms with Crippen LogP contribution in [0, 0.1) is 0 Å². The number of anilines is 2. The molecule has 2 unspecified atom stereocenters. The number of pyridine rings is 1. The number of ether oxygens (including phenoxy) is 1. The van der Waals surface area contributed by atoms with Gasteiger partial charge in [0, 0.05) is 41.3 Å². The van der Waals surface area contributed by atoms with Crippen LogP contribution in [-0.4, -0.2) is 50.6 Å². The van der Waals surface area contributed by atoms with E-state index in [1.807, 2.05) is 49.4 Å². The van der Waals surface area contributed by atoms with E-state index in [4.69, 9.17) is 4.74 Å². The van der Waals surface area contributed by atoms with Crippen LogP contribution < -0.4 is 10.2 Å². The van der Waals surface area contributed by atoms with E-state index in [9.17, 15) is 14.4 Å². The van der Waals surface area contributed by atoms with Crippen molar-refractivity contribution in [2.45, 2.75) is 43.3 Å². The molecular formula is C31H29N5O4S2. The van der Waals surface area contributed by atoms with Crippen molar-refractivity contribution in [3.05, 3.63) is 107 Å². The fraction of sp³-hybridized carbons (Fsp3) is 0.258. The first-order valence-electron chi connectivity index (χ1n) is 13.6. The number of carbonyl (C=O) groups is 3. The van der Waals surface area contributed by atoms with Crippen LogP contribution in [0.15, 0.2) is 90.7 Å². The number of thioether (sulfide) groups is 1. The fourth-order valence-electron chi connectivity index (χ4n) is 4.90. The smallest absolute Gasteiger partial charge is 0.412 e. The van der Waals surface area contributed by atoms with Gasteiger partial charge in [0.05, 0.1) is 5.69 Å². The highest BCUT2D eigenvalue weighted by molar-refractivity contribution is 8.00. The largest absolute Gasteiger partial charge is 0.444 e. The molecule has 2 aromatic carbocycles. The zero-order chi connectivity index (χ0) is 29.1. The predicted octanol–water partition coefficient (Wildman–Crippen LogP) is 5.72. The minimum atomic E-state index is -0.879. The van der Waals surface area contributed by atoms with Crippen molar-refractivity contribution < 1.29 is 19.1 Å². The molecule has 2 atom stereocenters. The molecule has 0 bridgehead atoms. The minimum Gasteiger partial charge on any atom is -0.444 e. The third-order valence-corrected chi connectivity index (χ3v) is 9.56. The lowest BCUT2D eigenvalue weighted by atomic mass is 10.1. The fourth-order valence-corrected chi connectivity index (χ4v) is 6.99. The zero-order valence-corrected chi connectivity index (χ0v) is 24.5. The Bertz CT molecular complexity index is 1550. The van der Waals surface area contributed by atoms with Crippen LogP contribution in [0.2, 0.25) is 0 Å². The van der Waals surface area contributed by atoms with E-state index < -0.39 is 17.0 Å². The second-order valence-electron chi connectivity index (χ2n) is 10.2. The first-order valence-corrected chi connectivity index (χ1v) is 15.5. The Morgan fingerprint density at radius 1 is 1.02 bits per heavy atom. The number of hydrogen-bond donors (Lipinski definition) is 1. The van der Waals surface area contributed by atoms with E-state index in [-0.39, 0.29) is 24.5 Å². The third-order valence-electron chi connectivity index (χ3n) is 7.33. The lowest BCUT2D eigenvalue weighted by Gasteiger charge is -2.37. The standard InChI is InChI=1S/C31H29N5O4S2/c1-31(23-13-15-32-16-14-23)36(30(39)40-19-21-5-3-2-4-6-21)26(20-42-31)28(38)35(29-33-17-18-41-29)25-11-7-22(8-12-25)27(37)34-24-9-10-24/h2-8,11-18,24,26H,9-10,19-20H2,1H3,(H,34,37). The molecule has 11 heteroatoms. The number of amides is 3. The highest BCUT2D eigenvalue weighted by atomic mass is 32.2. The van der Waals surface area contributed by atoms with E-state index in [1.54, 1.807) is 48.2 Å². The summed E-state index contributed by atoms with van der Waals surface area (Å²) >= 11 is 2.82. The van der Waals surface area contributed by atoms with Crippen LogP contribution >= 0.6 is 23.1 Å². The molecule has 6 rings (SSSR count). The predicted molar refractivity (Wildman–Crippen MR) is 162 cm³/mol. The van der Waals surface area contributed by atoms with E-state index in [2.05, 4.69) is 15.3 Å². The summed E-state index contributed by atoms with van der Waals surface area (Å²) in [4.78, 5) is 51.6. The number of nitrogens with one attached hydrogen (secondary N) is 1. The number of carbonyl (C=O) groups excluding carboxylic acids is 3. The maximum Gasteiger partial charge on any atom is 0.412 e. The van der Waals surface area contributed by atoms with Crippen molar-refractivity contribution in [1.82, 2.24) is 20.2 Å². The lowest BCUT2D eigenvalue weighted by molar-refractivity contribution is -0.122. The zero-order valence-electron chi connectivity index (χ0n) is 22.9. The SMILES string of the molecule is CC1(c2ccncc2)SCC(C(=O)N(c2ccc(C(=O)NC3CC3)cc2)c2nccs2)N1C(=O)OCc1ccccc1. The summed E-state index contributed by atoms with van der Waals surface area (Å²) in [6.45, 7) is 2.00. The Labute approximate surface area is 251 Å². The van der Waals surface area contributed by atoms with Gasteiger partial charge in [-0.05, 0) is 67.3 Å². The van der Waals surface area contributed by atoms with Gasteiger partial charge in [-0.2, -0.15) is 0 Å². The lowest BCUT2D eigenvalue weighted by Crippen LogP contribution is -2.53. The molecule has 2 aromatic heterocycles. The Balaban J connectivity index is 1.32. The molecule has 3 heterocycles. The summed E-state index contributed by atoms with van der Waals surface area (Å²) in [5.74, 6) is -0.104. The molecule has 1 saturated carbocycles. The first-order chi connectivity index (χ1) is 20.4. The van der Waals surface area contributed by atoms with Gasteiger partial charge in [0.15, 0.2) is 5.13 Å². The number of nitrogens with zero attached hydrogens (tertiary/aromatic N) is 4. The van der Waals surface area contributed by atoms with Crippen molar-refractivity contribution in [2.75, 3.05) is 10.7 Å². The third kappa shape index (κ3) is 5.75. The number of benzene rings is 2. The number of thiazole rings is 1. The van der Waals surface area contributed by atoms with Crippen LogP contribution in [0.25, 0.3) is 0 Å². The second-order valence-corrected chi connectivity index (χ2v) is 12.5. The molecule has 0 spiro atoms. The summed E-state index contributed by atoms with van der Waals surface area (Å²) in [5.41, 5.74) is 2.76. The molecular weight excluding hydrogens is 571 g/mol. The Morgan fingerprint density at radius 3 is 2.43 bits per heavy atom. The number of rotatable bonds is 8. The molecule has 2 aliphatic rings. The van der Waals surface area contributed by atoms with E-state index in [0.717, 1.165) is 24.0 Å². The minimum absolute atomic E-state index is 0.0781. The topological polar surface area (TPSA) is 105 Å². The van der Waals surface area contributed by atoms with Gasteiger partial charge in [-0.1, -0.05) is 30.3 Å². The molecule has 1 aliphatic heterocycles. The van der Waals surface area contributed by atoms with E-state index in [0.29, 0.717) is 22.1 Å². The summed E-state index contributed by atoms with van der Waals surface area (Å²) in [5, 5.41) is 5.25. The quantitative estimate of drug-likeness (QED) is 0.276. The Morgan fingerprint density at radius 2 is 1.76 bits per heavy atom. The van der Waals surface area contributed by atoms with Gasteiger partial charge < -0.3 is 10.1 Å². The molecule has 0 radical (unpaired) electrons. The summed E-state index contributed by atoms with van der Waals surface area (Å²) in [6.07, 6.45) is 6.39. The normalized spacial score (nSPS) is 19.7. The Hall–Kier alpha value is -4.22. The number of hydrogen-bond acceptors (Lipinski definition) is 8. The highest BCUT2D eigenvalue weighted by Gasteiger charge is 2.52. The highest BCUT2D eigenvalue weighted by Crippen LogP contribution is 2.48. The van der Waals surface area contributed by atoms with Gasteiger partial charge in [-0.15, -0.1) is 23.1 Å². The van der Waals surface area contributed by atoms with Crippen LogP contribution in [0.1, 0.15) is 41.3 Å². The number of aromatic nitrogens is 2. The molecule has 2 fully saturated rings. The maximum atomic E-state index is 14.5. The van der Waals surface area contributed by atoms with Gasteiger partial charge in [0.25, 0.3) is 11.8 Å². The average molecular weight is 600 g/mol. The monoisotopic (exact) mass is 599 g/mol. The molecule has 1 N–H and O–H groups in total. The van der Waals surface area contributed by atoms with Crippen molar-refractivity contribution in [2.24, 2.45) is 0 Å². The van der Waals surface area contributed by atoms with Gasteiger partial charge in [0.1, 0.15) is 17.5 Å². The van der Waals surface area contributed by atoms with Crippen molar-refractivity contribution in [3.63, 3.8) is 0 Å². The summed E-state index contributed by atoms with van der Waals surface area (Å²) < 4.78 is 5.79. The van der Waals surface area contributed by atoms with E-state index in [1.165, 1.54) is 32.9 Å².